The molecular weight excluding hydrogens is 325 g/mol. The molecule has 2 rings (SSSR count). The van der Waals surface area contributed by atoms with Gasteiger partial charge in [0, 0.05) is 12.1 Å². The van der Waals surface area contributed by atoms with Gasteiger partial charge in [-0.3, -0.25) is 4.79 Å². The lowest BCUT2D eigenvalue weighted by molar-refractivity contribution is 0.102. The number of halogens is 2. The van der Waals surface area contributed by atoms with Crippen molar-refractivity contribution in [2.45, 2.75) is 0 Å². The second-order valence-electron chi connectivity index (χ2n) is 3.50. The molecule has 1 heterocycles. The number of ether oxygens (including phenoxy) is 2. The summed E-state index contributed by atoms with van der Waals surface area (Å²) in [5, 5.41) is 10.4. The Morgan fingerprint density at radius 3 is 2.45 bits per heavy atom. The molecule has 20 heavy (non-hydrogen) atoms. The standard InChI is InChI=1S/C11H9Cl2N3O3S/c1-18-7-4-6(8(19-2)3-5(7)12)14-9(17)10-15-16-11(13)20-10/h3-4H,1-2H3,(H,14,17). The number of amides is 1. The lowest BCUT2D eigenvalue weighted by atomic mass is 10.2. The Kier molecular flexibility index (Phi) is 4.64. The third kappa shape index (κ3) is 3.12. The van der Waals surface area contributed by atoms with Gasteiger partial charge in [0.1, 0.15) is 11.5 Å². The largest absolute Gasteiger partial charge is 0.495 e. The Labute approximate surface area is 128 Å². The molecule has 0 atom stereocenters. The van der Waals surface area contributed by atoms with Gasteiger partial charge in [0.2, 0.25) is 9.47 Å². The van der Waals surface area contributed by atoms with Gasteiger partial charge in [0.25, 0.3) is 5.91 Å². The van der Waals surface area contributed by atoms with Crippen LogP contribution in [-0.4, -0.2) is 30.3 Å². The van der Waals surface area contributed by atoms with Gasteiger partial charge in [-0.1, -0.05) is 22.9 Å². The van der Waals surface area contributed by atoms with Crippen molar-refractivity contribution in [2.75, 3.05) is 19.5 Å². The van der Waals surface area contributed by atoms with Crippen LogP contribution in [0.1, 0.15) is 9.80 Å². The number of carbonyl (C=O) groups is 1. The summed E-state index contributed by atoms with van der Waals surface area (Å²) in [7, 11) is 2.94. The minimum atomic E-state index is -0.447. The molecule has 0 bridgehead atoms. The Hall–Kier alpha value is -1.57. The van der Waals surface area contributed by atoms with Crippen molar-refractivity contribution in [3.63, 3.8) is 0 Å². The number of benzene rings is 1. The van der Waals surface area contributed by atoms with Crippen LogP contribution in [0.4, 0.5) is 5.69 Å². The van der Waals surface area contributed by atoms with Gasteiger partial charge in [-0.25, -0.2) is 0 Å². The van der Waals surface area contributed by atoms with Crippen LogP contribution in [0.2, 0.25) is 9.49 Å². The summed E-state index contributed by atoms with van der Waals surface area (Å²) in [5.41, 5.74) is 0.407. The first-order valence-corrected chi connectivity index (χ1v) is 6.84. The van der Waals surface area contributed by atoms with Crippen molar-refractivity contribution >= 4 is 46.1 Å². The Bertz CT molecular complexity index is 648. The fourth-order valence-electron chi connectivity index (χ4n) is 1.43. The lowest BCUT2D eigenvalue weighted by Gasteiger charge is -2.12. The average molecular weight is 334 g/mol. The number of hydrogen-bond acceptors (Lipinski definition) is 6. The van der Waals surface area contributed by atoms with Crippen LogP contribution in [0.25, 0.3) is 0 Å². The van der Waals surface area contributed by atoms with Crippen LogP contribution in [0.15, 0.2) is 12.1 Å². The van der Waals surface area contributed by atoms with Gasteiger partial charge < -0.3 is 14.8 Å². The molecule has 0 aliphatic rings. The lowest BCUT2D eigenvalue weighted by Crippen LogP contribution is -2.12. The zero-order chi connectivity index (χ0) is 14.7. The summed E-state index contributed by atoms with van der Waals surface area (Å²) in [6, 6.07) is 3.10. The van der Waals surface area contributed by atoms with E-state index in [1.54, 1.807) is 12.1 Å². The molecular formula is C11H9Cl2N3O3S. The molecule has 0 saturated carbocycles. The summed E-state index contributed by atoms with van der Waals surface area (Å²) in [4.78, 5) is 12.0. The van der Waals surface area contributed by atoms with Gasteiger partial charge >= 0.3 is 0 Å². The van der Waals surface area contributed by atoms with Gasteiger partial charge in [0.15, 0.2) is 0 Å². The minimum absolute atomic E-state index is 0.144. The predicted octanol–water partition coefficient (Wildman–Crippen LogP) is 3.11. The summed E-state index contributed by atoms with van der Waals surface area (Å²) in [6.45, 7) is 0. The van der Waals surface area contributed by atoms with Gasteiger partial charge in [-0.2, -0.15) is 0 Å². The maximum absolute atomic E-state index is 12.0. The zero-order valence-electron chi connectivity index (χ0n) is 10.4. The maximum atomic E-state index is 12.0. The third-order valence-electron chi connectivity index (χ3n) is 2.32. The molecule has 2 aromatic rings. The number of nitrogens with zero attached hydrogens (tertiary/aromatic N) is 2. The molecule has 1 aromatic carbocycles. The Morgan fingerprint density at radius 2 is 1.90 bits per heavy atom. The quantitative estimate of drug-likeness (QED) is 0.930. The van der Waals surface area contributed by atoms with Gasteiger partial charge in [0.05, 0.1) is 24.9 Å². The molecule has 9 heteroatoms. The number of aromatic nitrogens is 2. The van der Waals surface area contributed by atoms with E-state index in [4.69, 9.17) is 32.7 Å². The van der Waals surface area contributed by atoms with Crippen LogP contribution < -0.4 is 14.8 Å². The molecule has 1 aromatic heterocycles. The summed E-state index contributed by atoms with van der Waals surface area (Å²) in [6.07, 6.45) is 0. The molecule has 0 saturated heterocycles. The van der Waals surface area contributed by atoms with Crippen LogP contribution in [0, 0.1) is 0 Å². The number of nitrogens with one attached hydrogen (secondary N) is 1. The predicted molar refractivity (Wildman–Crippen MR) is 77.4 cm³/mol. The maximum Gasteiger partial charge on any atom is 0.286 e. The van der Waals surface area contributed by atoms with E-state index in [1.807, 2.05) is 0 Å². The topological polar surface area (TPSA) is 73.3 Å². The zero-order valence-corrected chi connectivity index (χ0v) is 12.8. The molecule has 0 fully saturated rings. The van der Waals surface area contributed by atoms with Gasteiger partial charge in [-0.15, -0.1) is 10.2 Å². The van der Waals surface area contributed by atoms with E-state index in [0.29, 0.717) is 22.2 Å². The summed E-state index contributed by atoms with van der Waals surface area (Å²) >= 11 is 12.6. The molecule has 0 spiro atoms. The van der Waals surface area contributed by atoms with E-state index in [-0.39, 0.29) is 9.47 Å². The highest BCUT2D eigenvalue weighted by Crippen LogP contribution is 2.36. The van der Waals surface area contributed by atoms with E-state index in [2.05, 4.69) is 15.5 Å². The second-order valence-corrected chi connectivity index (χ2v) is 5.47. The Balaban J connectivity index is 2.30. The number of anilines is 1. The minimum Gasteiger partial charge on any atom is -0.495 e. The van der Waals surface area contributed by atoms with Gasteiger partial charge in [-0.05, 0) is 11.6 Å². The van der Waals surface area contributed by atoms with E-state index >= 15 is 0 Å². The number of methoxy groups -OCH3 is 2. The van der Waals surface area contributed by atoms with Crippen LogP contribution in [0.5, 0.6) is 11.5 Å². The van der Waals surface area contributed by atoms with Crippen molar-refractivity contribution in [1.82, 2.24) is 10.2 Å². The molecule has 1 N–H and O–H groups in total. The van der Waals surface area contributed by atoms with Crippen LogP contribution in [-0.2, 0) is 0 Å². The fraction of sp³-hybridized carbons (Fsp3) is 0.182. The van der Waals surface area contributed by atoms with E-state index in [0.717, 1.165) is 11.3 Å². The monoisotopic (exact) mass is 333 g/mol. The van der Waals surface area contributed by atoms with E-state index in [1.165, 1.54) is 14.2 Å². The van der Waals surface area contributed by atoms with E-state index < -0.39 is 5.91 Å². The molecule has 106 valence electrons. The highest BCUT2D eigenvalue weighted by molar-refractivity contribution is 7.17. The summed E-state index contributed by atoms with van der Waals surface area (Å²) in [5.74, 6) is 0.370. The van der Waals surface area contributed by atoms with Crippen molar-refractivity contribution < 1.29 is 14.3 Å². The highest BCUT2D eigenvalue weighted by Gasteiger charge is 2.16. The molecule has 0 unspecified atom stereocenters. The van der Waals surface area contributed by atoms with E-state index in [9.17, 15) is 4.79 Å². The third-order valence-corrected chi connectivity index (χ3v) is 3.63. The summed E-state index contributed by atoms with van der Waals surface area (Å²) < 4.78 is 10.4. The first-order valence-electron chi connectivity index (χ1n) is 5.27. The molecule has 0 aliphatic carbocycles. The van der Waals surface area contributed by atoms with Crippen molar-refractivity contribution in [3.8, 4) is 11.5 Å². The smallest absolute Gasteiger partial charge is 0.286 e. The van der Waals surface area contributed by atoms with Crippen LogP contribution in [0.3, 0.4) is 0 Å². The molecule has 0 aliphatic heterocycles. The first-order chi connectivity index (χ1) is 9.55. The number of rotatable bonds is 4. The Morgan fingerprint density at radius 1 is 1.20 bits per heavy atom. The normalized spacial score (nSPS) is 10.2. The molecule has 1 amide bonds. The van der Waals surface area contributed by atoms with Crippen molar-refractivity contribution in [2.24, 2.45) is 0 Å². The fourth-order valence-corrected chi connectivity index (χ4v) is 2.39. The number of carbonyl (C=O) groups excluding carboxylic acids is 1. The SMILES string of the molecule is COc1cc(NC(=O)c2nnc(Cl)s2)c(OC)cc1Cl. The molecule has 0 radical (unpaired) electrons. The van der Waals surface area contributed by atoms with Crippen molar-refractivity contribution in [3.05, 3.63) is 26.6 Å². The van der Waals surface area contributed by atoms with Crippen molar-refractivity contribution in [1.29, 1.82) is 0 Å². The molecule has 6 nitrogen and oxygen atoms in total. The number of hydrogen-bond donors (Lipinski definition) is 1. The second kappa shape index (κ2) is 6.25. The highest BCUT2D eigenvalue weighted by atomic mass is 35.5. The average Bonchev–Trinajstić information content (AvgIpc) is 2.87. The van der Waals surface area contributed by atoms with Crippen LogP contribution >= 0.6 is 34.5 Å². The first kappa shape index (κ1) is 14.8.